The number of amides is 1. The smallest absolute Gasteiger partial charge is 0.416 e. The number of hydrogen-bond acceptors (Lipinski definition) is 4. The molecule has 0 saturated heterocycles. The van der Waals surface area contributed by atoms with Gasteiger partial charge >= 0.3 is 12.1 Å². The van der Waals surface area contributed by atoms with Crippen LogP contribution in [0.1, 0.15) is 71.7 Å². The quantitative estimate of drug-likeness (QED) is 0.323. The largest absolute Gasteiger partial charge is 0.481 e. The molecule has 1 saturated carbocycles. The minimum Gasteiger partial charge on any atom is -0.481 e. The van der Waals surface area contributed by atoms with Crippen LogP contribution in [0.5, 0.6) is 0 Å². The Balaban J connectivity index is 1.56. The molecule has 1 aliphatic rings. The number of nitrogens with zero attached hydrogens (tertiary/aromatic N) is 3. The van der Waals surface area contributed by atoms with Gasteiger partial charge in [0.2, 0.25) is 0 Å². The molecule has 0 aliphatic heterocycles. The Hall–Kier alpha value is -3.82. The molecule has 7 nitrogen and oxygen atoms in total. The zero-order chi connectivity index (χ0) is 28.2. The van der Waals surface area contributed by atoms with Gasteiger partial charge in [-0.2, -0.15) is 18.3 Å². The molecule has 10 heteroatoms. The van der Waals surface area contributed by atoms with Gasteiger partial charge in [-0.1, -0.05) is 19.3 Å². The molecule has 1 unspecified atom stereocenters. The zero-order valence-electron chi connectivity index (χ0n) is 22.0. The summed E-state index contributed by atoms with van der Waals surface area (Å²) in [7, 11) is 1.58. The molecule has 208 valence electrons. The standard InChI is InChI=1S/C29H33F3N4O3/c1-19-25(18-36(34-19)24-14-10-22(11-15-24)29(30,31)32)27(20-6-4-3-5-7-20)33-23-12-8-21(9-13-23)28(39)35(2)17-16-26(37)38/h8-15,18,20,27,33H,3-7,16-17H2,1-2H3,(H,37,38). The van der Waals surface area contributed by atoms with E-state index in [-0.39, 0.29) is 24.9 Å². The van der Waals surface area contributed by atoms with Crippen LogP contribution in [0.3, 0.4) is 0 Å². The highest BCUT2D eigenvalue weighted by atomic mass is 19.4. The summed E-state index contributed by atoms with van der Waals surface area (Å²) in [6.07, 6.45) is 2.92. The number of alkyl halides is 3. The number of halogens is 3. The topological polar surface area (TPSA) is 87.5 Å². The maximum atomic E-state index is 13.0. The normalized spacial score (nSPS) is 15.1. The van der Waals surface area contributed by atoms with Gasteiger partial charge in [0, 0.05) is 36.6 Å². The number of carbonyl (C=O) groups excluding carboxylic acids is 1. The van der Waals surface area contributed by atoms with Gasteiger partial charge in [0.1, 0.15) is 0 Å². The number of carboxylic acid groups (broad SMARTS) is 1. The Morgan fingerprint density at radius 2 is 1.72 bits per heavy atom. The van der Waals surface area contributed by atoms with Crippen LogP contribution in [0.2, 0.25) is 0 Å². The average Bonchev–Trinajstić information content (AvgIpc) is 3.31. The second-order valence-electron chi connectivity index (χ2n) is 10.1. The molecule has 4 rings (SSSR count). The molecule has 2 aromatic carbocycles. The van der Waals surface area contributed by atoms with Crippen molar-refractivity contribution >= 4 is 17.6 Å². The van der Waals surface area contributed by atoms with Gasteiger partial charge in [0.15, 0.2) is 0 Å². The van der Waals surface area contributed by atoms with E-state index >= 15 is 0 Å². The number of anilines is 1. The third kappa shape index (κ3) is 6.99. The first-order chi connectivity index (χ1) is 18.5. The first-order valence-electron chi connectivity index (χ1n) is 13.1. The molecule has 2 N–H and O–H groups in total. The van der Waals surface area contributed by atoms with Gasteiger partial charge in [0.25, 0.3) is 5.91 Å². The van der Waals surface area contributed by atoms with Crippen LogP contribution in [0.25, 0.3) is 5.69 Å². The van der Waals surface area contributed by atoms with Crippen molar-refractivity contribution in [3.8, 4) is 5.69 Å². The maximum absolute atomic E-state index is 13.0. The molecule has 0 spiro atoms. The summed E-state index contributed by atoms with van der Waals surface area (Å²) in [6.45, 7) is 2.03. The van der Waals surface area contributed by atoms with Crippen LogP contribution in [0, 0.1) is 12.8 Å². The fourth-order valence-electron chi connectivity index (χ4n) is 5.11. The summed E-state index contributed by atoms with van der Waals surface area (Å²) in [5.74, 6) is -0.855. The fourth-order valence-corrected chi connectivity index (χ4v) is 5.11. The van der Waals surface area contributed by atoms with Gasteiger partial charge < -0.3 is 15.3 Å². The monoisotopic (exact) mass is 542 g/mol. The number of aromatic nitrogens is 2. The Kier molecular flexibility index (Phi) is 8.62. The van der Waals surface area contributed by atoms with Crippen molar-refractivity contribution < 1.29 is 27.9 Å². The molecule has 1 aromatic heterocycles. The summed E-state index contributed by atoms with van der Waals surface area (Å²) < 4.78 is 40.6. The van der Waals surface area contributed by atoms with E-state index in [1.165, 1.54) is 23.5 Å². The number of aryl methyl sites for hydroxylation is 1. The minimum atomic E-state index is -4.40. The van der Waals surface area contributed by atoms with E-state index in [9.17, 15) is 22.8 Å². The lowest BCUT2D eigenvalue weighted by molar-refractivity contribution is -0.138. The SMILES string of the molecule is Cc1nn(-c2ccc(C(F)(F)F)cc2)cc1C(Nc1ccc(C(=O)N(C)CCC(=O)O)cc1)C1CCCCC1. The number of hydrogen-bond donors (Lipinski definition) is 2. The Morgan fingerprint density at radius 3 is 2.31 bits per heavy atom. The van der Waals surface area contributed by atoms with Crippen LogP contribution >= 0.6 is 0 Å². The van der Waals surface area contributed by atoms with Crippen LogP contribution in [-0.4, -0.2) is 45.3 Å². The number of carbonyl (C=O) groups is 2. The van der Waals surface area contributed by atoms with Crippen LogP contribution in [0.4, 0.5) is 18.9 Å². The fraction of sp³-hybridized carbons (Fsp3) is 0.414. The van der Waals surface area contributed by atoms with Crippen molar-refractivity contribution in [3.63, 3.8) is 0 Å². The van der Waals surface area contributed by atoms with Crippen LogP contribution in [0.15, 0.2) is 54.7 Å². The van der Waals surface area contributed by atoms with Crippen molar-refractivity contribution in [1.82, 2.24) is 14.7 Å². The van der Waals surface area contributed by atoms with Gasteiger partial charge in [-0.15, -0.1) is 0 Å². The molecule has 0 radical (unpaired) electrons. The second-order valence-corrected chi connectivity index (χ2v) is 10.1. The lowest BCUT2D eigenvalue weighted by atomic mass is 9.81. The zero-order valence-corrected chi connectivity index (χ0v) is 22.0. The van der Waals surface area contributed by atoms with E-state index in [0.717, 1.165) is 54.8 Å². The third-order valence-corrected chi connectivity index (χ3v) is 7.31. The van der Waals surface area contributed by atoms with Crippen molar-refractivity contribution in [2.75, 3.05) is 18.9 Å². The molecule has 1 heterocycles. The maximum Gasteiger partial charge on any atom is 0.416 e. The van der Waals surface area contributed by atoms with Crippen LogP contribution in [-0.2, 0) is 11.0 Å². The number of nitrogens with one attached hydrogen (secondary N) is 1. The predicted molar refractivity (Wildman–Crippen MR) is 142 cm³/mol. The van der Waals surface area contributed by atoms with E-state index < -0.39 is 17.7 Å². The lowest BCUT2D eigenvalue weighted by Crippen LogP contribution is -2.29. The minimum absolute atomic E-state index is 0.0618. The summed E-state index contributed by atoms with van der Waals surface area (Å²) in [5.41, 5.74) is 2.92. The average molecular weight is 543 g/mol. The predicted octanol–water partition coefficient (Wildman–Crippen LogP) is 6.48. The van der Waals surface area contributed by atoms with E-state index in [0.29, 0.717) is 17.2 Å². The van der Waals surface area contributed by atoms with Crippen molar-refractivity contribution in [2.24, 2.45) is 5.92 Å². The summed E-state index contributed by atoms with van der Waals surface area (Å²) in [5, 5.41) is 17.1. The van der Waals surface area contributed by atoms with Gasteiger partial charge in [0.05, 0.1) is 29.4 Å². The Labute approximate surface area is 225 Å². The van der Waals surface area contributed by atoms with Crippen molar-refractivity contribution in [1.29, 1.82) is 0 Å². The molecule has 39 heavy (non-hydrogen) atoms. The second kappa shape index (κ2) is 11.9. The van der Waals surface area contributed by atoms with E-state index in [1.54, 1.807) is 23.9 Å². The first kappa shape index (κ1) is 28.2. The van der Waals surface area contributed by atoms with E-state index in [2.05, 4.69) is 10.4 Å². The first-order valence-corrected chi connectivity index (χ1v) is 13.1. The summed E-state index contributed by atoms with van der Waals surface area (Å²) >= 11 is 0. The molecule has 1 aliphatic carbocycles. The highest BCUT2D eigenvalue weighted by Gasteiger charge is 2.31. The third-order valence-electron chi connectivity index (χ3n) is 7.31. The van der Waals surface area contributed by atoms with Crippen LogP contribution < -0.4 is 5.32 Å². The van der Waals surface area contributed by atoms with E-state index in [4.69, 9.17) is 5.11 Å². The number of benzene rings is 2. The molecule has 1 atom stereocenters. The molecule has 0 bridgehead atoms. The highest BCUT2D eigenvalue weighted by molar-refractivity contribution is 5.94. The van der Waals surface area contributed by atoms with Gasteiger partial charge in [-0.25, -0.2) is 4.68 Å². The highest BCUT2D eigenvalue weighted by Crippen LogP contribution is 2.38. The van der Waals surface area contributed by atoms with Gasteiger partial charge in [-0.05, 0) is 74.2 Å². The molecular weight excluding hydrogens is 509 g/mol. The molecule has 1 amide bonds. The van der Waals surface area contributed by atoms with Gasteiger partial charge in [-0.3, -0.25) is 9.59 Å². The summed E-state index contributed by atoms with van der Waals surface area (Å²) in [4.78, 5) is 24.9. The number of rotatable bonds is 9. The Morgan fingerprint density at radius 1 is 1.08 bits per heavy atom. The van der Waals surface area contributed by atoms with E-state index in [1.807, 2.05) is 25.3 Å². The molecular formula is C29H33F3N4O3. The van der Waals surface area contributed by atoms with Crippen molar-refractivity contribution in [3.05, 3.63) is 77.1 Å². The number of aliphatic carboxylic acids is 1. The molecule has 3 aromatic rings. The Bertz CT molecular complexity index is 1280. The lowest BCUT2D eigenvalue weighted by Gasteiger charge is -2.31. The molecule has 1 fully saturated rings. The van der Waals surface area contributed by atoms with Crippen molar-refractivity contribution in [2.45, 2.75) is 57.7 Å². The summed E-state index contributed by atoms with van der Waals surface area (Å²) in [6, 6.07) is 12.0. The number of carboxylic acids is 1.